The lowest BCUT2D eigenvalue weighted by atomic mass is 10.1. The summed E-state index contributed by atoms with van der Waals surface area (Å²) in [7, 11) is 4.74. The number of fused-ring (bicyclic) bond motifs is 1. The van der Waals surface area contributed by atoms with E-state index in [1.54, 1.807) is 31.3 Å². The van der Waals surface area contributed by atoms with Crippen molar-refractivity contribution in [3.63, 3.8) is 0 Å². The van der Waals surface area contributed by atoms with Crippen LogP contribution < -0.4 is 14.2 Å². The molecule has 0 unspecified atom stereocenters. The van der Waals surface area contributed by atoms with Gasteiger partial charge in [-0.1, -0.05) is 24.7 Å². The molecule has 0 saturated heterocycles. The van der Waals surface area contributed by atoms with E-state index in [-0.39, 0.29) is 6.54 Å². The lowest BCUT2D eigenvalue weighted by Crippen LogP contribution is -2.25. The number of methoxy groups -OCH3 is 2. The van der Waals surface area contributed by atoms with Crippen LogP contribution in [0.3, 0.4) is 0 Å². The Kier molecular flexibility index (Phi) is 8.02. The molecule has 4 aromatic rings. The molecule has 4 rings (SSSR count). The number of ether oxygens (including phenoxy) is 2. The van der Waals surface area contributed by atoms with Gasteiger partial charge in [-0.05, 0) is 53.8 Å². The average molecular weight is 526 g/mol. The fraction of sp³-hybridized carbons (Fsp3) is 0.269. The molecule has 0 fully saturated rings. The first-order chi connectivity index (χ1) is 17.8. The van der Waals surface area contributed by atoms with Gasteiger partial charge in [-0.2, -0.15) is 5.10 Å². The van der Waals surface area contributed by atoms with Crippen molar-refractivity contribution < 1.29 is 23.2 Å². The van der Waals surface area contributed by atoms with E-state index >= 15 is 0 Å². The maximum atomic E-state index is 13.1. The molecule has 0 atom stereocenters. The van der Waals surface area contributed by atoms with E-state index in [4.69, 9.17) is 14.0 Å². The zero-order valence-electron chi connectivity index (χ0n) is 21.1. The van der Waals surface area contributed by atoms with Crippen LogP contribution in [0, 0.1) is 0 Å². The Morgan fingerprint density at radius 1 is 1.19 bits per heavy atom. The van der Waals surface area contributed by atoms with Crippen LogP contribution >= 0.6 is 11.9 Å². The third kappa shape index (κ3) is 5.88. The van der Waals surface area contributed by atoms with Crippen LogP contribution in [0.4, 0.5) is 10.2 Å². The zero-order chi connectivity index (χ0) is 26.5. The van der Waals surface area contributed by atoms with Gasteiger partial charge < -0.3 is 23.6 Å². The van der Waals surface area contributed by atoms with E-state index in [0.717, 1.165) is 33.6 Å². The summed E-state index contributed by atoms with van der Waals surface area (Å²) < 4.78 is 34.8. The molecule has 0 aliphatic rings. The monoisotopic (exact) mass is 525 g/mol. The Bertz CT molecular complexity index is 1430. The molecule has 1 amide bonds. The highest BCUT2D eigenvalue weighted by atomic mass is 32.2. The molecule has 1 N–H and O–H groups in total. The standard InChI is InChI=1S/C26H28FN5O4S/c1-6-17-7-8-20(34-4)23(11-17)37-30-25-24-21(35-5)9-18(10-22(24)36-29-25)14-32-15-19(12-28-32)13-31(3)26(33)16(2)27/h7-12,15H,2,6,13-14H2,1,3-5H3,(H,29,30). The number of carbonyl (C=O) groups is 1. The van der Waals surface area contributed by atoms with Crippen LogP contribution in [0.25, 0.3) is 11.0 Å². The molecule has 0 spiro atoms. The molecular formula is C26H28FN5O4S. The van der Waals surface area contributed by atoms with E-state index < -0.39 is 11.7 Å². The first kappa shape index (κ1) is 26.1. The number of anilines is 1. The molecule has 9 nitrogen and oxygen atoms in total. The summed E-state index contributed by atoms with van der Waals surface area (Å²) in [5, 5.41) is 9.28. The second kappa shape index (κ2) is 11.4. The molecule has 2 aromatic heterocycles. The van der Waals surface area contributed by atoms with Gasteiger partial charge in [0.25, 0.3) is 5.91 Å². The number of carbonyl (C=O) groups excluding carboxylic acids is 1. The highest BCUT2D eigenvalue weighted by Gasteiger charge is 2.18. The van der Waals surface area contributed by atoms with Crippen LogP contribution in [0.5, 0.6) is 11.5 Å². The van der Waals surface area contributed by atoms with Crippen molar-refractivity contribution in [3.8, 4) is 11.5 Å². The Balaban J connectivity index is 1.51. The third-order valence-corrected chi connectivity index (χ3v) is 6.58. The van der Waals surface area contributed by atoms with E-state index in [0.29, 0.717) is 23.7 Å². The summed E-state index contributed by atoms with van der Waals surface area (Å²) in [6, 6.07) is 9.85. The number of aryl methyl sites for hydroxylation is 1. The van der Waals surface area contributed by atoms with Gasteiger partial charge >= 0.3 is 0 Å². The summed E-state index contributed by atoms with van der Waals surface area (Å²) in [6.45, 7) is 5.79. The van der Waals surface area contributed by atoms with Crippen molar-refractivity contribution in [3.05, 3.63) is 71.8 Å². The number of nitrogens with one attached hydrogen (secondary N) is 1. The highest BCUT2D eigenvalue weighted by molar-refractivity contribution is 8.00. The van der Waals surface area contributed by atoms with Crippen LogP contribution in [0.15, 0.2) is 64.5 Å². The molecule has 0 radical (unpaired) electrons. The van der Waals surface area contributed by atoms with Crippen molar-refractivity contribution in [2.45, 2.75) is 31.3 Å². The predicted octanol–water partition coefficient (Wildman–Crippen LogP) is 5.21. The predicted molar refractivity (Wildman–Crippen MR) is 140 cm³/mol. The summed E-state index contributed by atoms with van der Waals surface area (Å²) in [6.07, 6.45) is 4.35. The topological polar surface area (TPSA) is 94.7 Å². The minimum Gasteiger partial charge on any atom is -0.496 e. The Hall–Kier alpha value is -3.99. The fourth-order valence-electron chi connectivity index (χ4n) is 3.85. The first-order valence-corrected chi connectivity index (χ1v) is 12.3. The number of nitrogens with zero attached hydrogens (tertiary/aromatic N) is 4. The molecule has 0 bridgehead atoms. The second-order valence-corrected chi connectivity index (χ2v) is 9.21. The van der Waals surface area contributed by atoms with Gasteiger partial charge in [0.15, 0.2) is 17.2 Å². The minimum atomic E-state index is -0.997. The van der Waals surface area contributed by atoms with Gasteiger partial charge in [-0.25, -0.2) is 4.39 Å². The molecular weight excluding hydrogens is 497 g/mol. The van der Waals surface area contributed by atoms with E-state index in [1.165, 1.54) is 29.5 Å². The Morgan fingerprint density at radius 3 is 2.68 bits per heavy atom. The normalized spacial score (nSPS) is 10.9. The average Bonchev–Trinajstić information content (AvgIpc) is 3.52. The molecule has 37 heavy (non-hydrogen) atoms. The van der Waals surface area contributed by atoms with E-state index in [2.05, 4.69) is 34.5 Å². The Morgan fingerprint density at radius 2 is 1.97 bits per heavy atom. The van der Waals surface area contributed by atoms with Crippen molar-refractivity contribution in [1.82, 2.24) is 19.8 Å². The van der Waals surface area contributed by atoms with Gasteiger partial charge in [0.1, 0.15) is 16.9 Å². The second-order valence-electron chi connectivity index (χ2n) is 8.36. The minimum absolute atomic E-state index is 0.213. The molecule has 194 valence electrons. The lowest BCUT2D eigenvalue weighted by molar-refractivity contribution is -0.127. The molecule has 11 heteroatoms. The third-order valence-electron chi connectivity index (χ3n) is 5.74. The smallest absolute Gasteiger partial charge is 0.282 e. The van der Waals surface area contributed by atoms with Crippen molar-refractivity contribution >= 4 is 34.6 Å². The highest BCUT2D eigenvalue weighted by Crippen LogP contribution is 2.37. The fourth-order valence-corrected chi connectivity index (χ4v) is 4.66. The van der Waals surface area contributed by atoms with Gasteiger partial charge in [0, 0.05) is 25.4 Å². The number of hydrogen-bond acceptors (Lipinski definition) is 8. The number of benzene rings is 2. The molecule has 0 aliphatic carbocycles. The molecule has 2 aromatic carbocycles. The van der Waals surface area contributed by atoms with Gasteiger partial charge in [0.05, 0.1) is 31.9 Å². The quantitative estimate of drug-likeness (QED) is 0.211. The Labute approximate surface area is 218 Å². The van der Waals surface area contributed by atoms with Gasteiger partial charge in [0.2, 0.25) is 0 Å². The van der Waals surface area contributed by atoms with Crippen LogP contribution in [0.1, 0.15) is 23.6 Å². The summed E-state index contributed by atoms with van der Waals surface area (Å²) in [4.78, 5) is 13.9. The number of aromatic nitrogens is 3. The first-order valence-electron chi connectivity index (χ1n) is 11.5. The molecule has 0 aliphatic heterocycles. The van der Waals surface area contributed by atoms with Gasteiger partial charge in [-0.3, -0.25) is 9.48 Å². The number of hydrogen-bond donors (Lipinski definition) is 1. The van der Waals surface area contributed by atoms with E-state index in [9.17, 15) is 9.18 Å². The van der Waals surface area contributed by atoms with Crippen molar-refractivity contribution in [1.29, 1.82) is 0 Å². The number of likely N-dealkylation sites (N-methyl/N-ethyl adjacent to an activating group) is 1. The molecule has 0 saturated carbocycles. The summed E-state index contributed by atoms with van der Waals surface area (Å²) in [5.74, 6) is 0.150. The maximum absolute atomic E-state index is 13.1. The maximum Gasteiger partial charge on any atom is 0.282 e. The van der Waals surface area contributed by atoms with Crippen molar-refractivity contribution in [2.24, 2.45) is 0 Å². The van der Waals surface area contributed by atoms with E-state index in [1.807, 2.05) is 24.3 Å². The van der Waals surface area contributed by atoms with Crippen LogP contribution in [-0.4, -0.2) is 47.0 Å². The van der Waals surface area contributed by atoms with Crippen LogP contribution in [-0.2, 0) is 24.3 Å². The molecule has 2 heterocycles. The lowest BCUT2D eigenvalue weighted by Gasteiger charge is -2.14. The van der Waals surface area contributed by atoms with Crippen molar-refractivity contribution in [2.75, 3.05) is 26.0 Å². The number of amides is 1. The summed E-state index contributed by atoms with van der Waals surface area (Å²) >= 11 is 1.39. The largest absolute Gasteiger partial charge is 0.496 e. The van der Waals surface area contributed by atoms with Crippen LogP contribution in [0.2, 0.25) is 0 Å². The zero-order valence-corrected chi connectivity index (χ0v) is 21.9. The number of halogens is 1. The van der Waals surface area contributed by atoms with Gasteiger partial charge in [-0.15, -0.1) is 0 Å². The summed E-state index contributed by atoms with van der Waals surface area (Å²) in [5.41, 5.74) is 3.40. The SMILES string of the molecule is C=C(F)C(=O)N(C)Cc1cnn(Cc2cc(OC)c3c(NSc4cc(CC)ccc4OC)noc3c2)c1. The number of rotatable bonds is 11.